The summed E-state index contributed by atoms with van der Waals surface area (Å²) in [4.78, 5) is 4.03. The predicted molar refractivity (Wildman–Crippen MR) is 101 cm³/mol. The summed E-state index contributed by atoms with van der Waals surface area (Å²) in [5, 5.41) is 7.44. The highest BCUT2D eigenvalue weighted by Gasteiger charge is 2.53. The van der Waals surface area contributed by atoms with Gasteiger partial charge in [0.25, 0.3) is 0 Å². The van der Waals surface area contributed by atoms with Crippen LogP contribution in [-0.2, 0) is 9.31 Å². The van der Waals surface area contributed by atoms with Crippen LogP contribution in [0.5, 0.6) is 0 Å². The van der Waals surface area contributed by atoms with Gasteiger partial charge in [-0.3, -0.25) is 10.1 Å². The molecule has 1 fully saturated rings. The smallest absolute Gasteiger partial charge is 0.398 e. The molecular weight excluding hydrogens is 332 g/mol. The van der Waals surface area contributed by atoms with Crippen LogP contribution < -0.4 is 0 Å². The van der Waals surface area contributed by atoms with E-state index >= 15 is 4.39 Å². The second-order valence-corrected chi connectivity index (χ2v) is 7.91. The molecule has 0 amide bonds. The third kappa shape index (κ3) is 3.33. The van der Waals surface area contributed by atoms with Crippen LogP contribution in [0, 0.1) is 0 Å². The molecule has 0 atom stereocenters. The molecule has 3 rings (SSSR count). The number of rotatable bonds is 4. The number of nitrogens with zero attached hydrogens (tertiary/aromatic N) is 2. The Morgan fingerprint density at radius 3 is 2.27 bits per heavy atom. The zero-order valence-corrected chi connectivity index (χ0v) is 16.1. The molecule has 0 spiro atoms. The lowest BCUT2D eigenvalue weighted by atomic mass is 9.85. The highest BCUT2D eigenvalue weighted by Crippen LogP contribution is 2.39. The second-order valence-electron chi connectivity index (χ2n) is 7.91. The van der Waals surface area contributed by atoms with Crippen LogP contribution in [0.3, 0.4) is 0 Å². The average Bonchev–Trinajstić information content (AvgIpc) is 3.07. The Labute approximate surface area is 154 Å². The van der Waals surface area contributed by atoms with E-state index in [0.29, 0.717) is 11.3 Å². The summed E-state index contributed by atoms with van der Waals surface area (Å²) in [6.45, 7) is 11.7. The van der Waals surface area contributed by atoms with Gasteiger partial charge in [0, 0.05) is 29.2 Å². The first-order valence-electron chi connectivity index (χ1n) is 8.84. The molecule has 2 aromatic heterocycles. The van der Waals surface area contributed by atoms with Gasteiger partial charge in [0.15, 0.2) is 0 Å². The van der Waals surface area contributed by atoms with Crippen molar-refractivity contribution in [1.82, 2.24) is 15.2 Å². The molecule has 0 unspecified atom stereocenters. The monoisotopic (exact) mass is 357 g/mol. The highest BCUT2D eigenvalue weighted by atomic mass is 19.1. The number of pyridine rings is 1. The van der Waals surface area contributed by atoms with Crippen molar-refractivity contribution in [3.8, 4) is 11.3 Å². The summed E-state index contributed by atoms with van der Waals surface area (Å²) in [5.41, 5.74) is 1.48. The Morgan fingerprint density at radius 1 is 1.15 bits per heavy atom. The first kappa shape index (κ1) is 18.8. The summed E-state index contributed by atoms with van der Waals surface area (Å²) in [7, 11) is -1.03. The number of aromatic nitrogens is 3. The Bertz CT molecular complexity index is 799. The first-order valence-corrected chi connectivity index (χ1v) is 8.84. The topological polar surface area (TPSA) is 60.0 Å². The Morgan fingerprint density at radius 2 is 1.73 bits per heavy atom. The van der Waals surface area contributed by atoms with Gasteiger partial charge in [-0.1, -0.05) is 13.8 Å². The van der Waals surface area contributed by atoms with Crippen molar-refractivity contribution >= 4 is 13.2 Å². The molecule has 0 aliphatic carbocycles. The number of aromatic amines is 1. The molecular formula is C19H25BFN3O2. The van der Waals surface area contributed by atoms with Gasteiger partial charge >= 0.3 is 7.12 Å². The first-order chi connectivity index (χ1) is 12.1. The van der Waals surface area contributed by atoms with Gasteiger partial charge in [-0.25, -0.2) is 4.39 Å². The largest absolute Gasteiger partial charge is 0.525 e. The quantitative estimate of drug-likeness (QED) is 0.817. The van der Waals surface area contributed by atoms with E-state index in [0.717, 1.165) is 11.3 Å². The van der Waals surface area contributed by atoms with E-state index in [2.05, 4.69) is 15.2 Å². The maximum atomic E-state index is 15.1. The second kappa shape index (κ2) is 6.63. The zero-order chi connectivity index (χ0) is 19.1. The molecule has 7 heteroatoms. The minimum Gasteiger partial charge on any atom is -0.398 e. The van der Waals surface area contributed by atoms with E-state index in [1.807, 2.05) is 53.7 Å². The van der Waals surface area contributed by atoms with Crippen molar-refractivity contribution in [2.45, 2.75) is 58.7 Å². The van der Waals surface area contributed by atoms with Crippen molar-refractivity contribution in [2.75, 3.05) is 0 Å². The zero-order valence-electron chi connectivity index (χ0n) is 16.1. The van der Waals surface area contributed by atoms with E-state index < -0.39 is 24.0 Å². The van der Waals surface area contributed by atoms with Crippen LogP contribution in [0.1, 0.15) is 58.7 Å². The van der Waals surface area contributed by atoms with Gasteiger partial charge in [-0.2, -0.15) is 5.10 Å². The molecule has 138 valence electrons. The molecule has 26 heavy (non-hydrogen) atoms. The van der Waals surface area contributed by atoms with Crippen LogP contribution >= 0.6 is 0 Å². The van der Waals surface area contributed by atoms with Crippen LogP contribution in [0.2, 0.25) is 0 Å². The summed E-state index contributed by atoms with van der Waals surface area (Å²) in [5.74, 6) is 0.162. The normalized spacial score (nSPS) is 19.4. The molecule has 0 bridgehead atoms. The molecule has 5 nitrogen and oxygen atoms in total. The third-order valence-electron chi connectivity index (χ3n) is 5.13. The molecule has 1 aliphatic heterocycles. The lowest BCUT2D eigenvalue weighted by Gasteiger charge is -2.32. The standard InChI is InChI=1S/C19H25BFN3O2/c1-12(2)16-14(17(24-23-16)13-7-9-22-10-8-13)11-15(21)20-25-18(3,4)19(5,6)26-20/h7-12H,1-6H3,(H,23,24). The fourth-order valence-electron chi connectivity index (χ4n) is 2.84. The summed E-state index contributed by atoms with van der Waals surface area (Å²) < 4.78 is 26.7. The SMILES string of the molecule is CC(C)c1[nH]nc(-c2ccncc2)c1C=C(F)B1OC(C)(C)C(C)(C)O1. The van der Waals surface area contributed by atoms with Gasteiger partial charge in [-0.15, -0.1) is 0 Å². The minimum atomic E-state index is -1.03. The molecule has 0 radical (unpaired) electrons. The highest BCUT2D eigenvalue weighted by molar-refractivity contribution is 6.54. The number of hydrogen-bond acceptors (Lipinski definition) is 4. The van der Waals surface area contributed by atoms with E-state index in [4.69, 9.17) is 9.31 Å². The van der Waals surface area contributed by atoms with E-state index in [9.17, 15) is 0 Å². The third-order valence-corrected chi connectivity index (χ3v) is 5.13. The molecule has 0 saturated carbocycles. The fourth-order valence-corrected chi connectivity index (χ4v) is 2.84. The van der Waals surface area contributed by atoms with E-state index in [1.54, 1.807) is 12.4 Å². The fraction of sp³-hybridized carbons (Fsp3) is 0.474. The van der Waals surface area contributed by atoms with Crippen LogP contribution in [-0.4, -0.2) is 33.5 Å². The van der Waals surface area contributed by atoms with Crippen LogP contribution in [0.4, 0.5) is 4.39 Å². The average molecular weight is 357 g/mol. The van der Waals surface area contributed by atoms with Crippen LogP contribution in [0.15, 0.2) is 30.3 Å². The number of nitrogens with one attached hydrogen (secondary N) is 1. The van der Waals surface area contributed by atoms with Crippen molar-refractivity contribution in [2.24, 2.45) is 0 Å². The van der Waals surface area contributed by atoms with Gasteiger partial charge in [0.2, 0.25) is 0 Å². The molecule has 3 heterocycles. The summed E-state index contributed by atoms with van der Waals surface area (Å²) in [6, 6.07) is 3.70. The molecule has 2 aromatic rings. The molecule has 1 saturated heterocycles. The van der Waals surface area contributed by atoms with Gasteiger partial charge < -0.3 is 9.31 Å². The summed E-state index contributed by atoms with van der Waals surface area (Å²) >= 11 is 0. The number of H-pyrrole nitrogens is 1. The number of halogens is 1. The number of hydrogen-bond donors (Lipinski definition) is 1. The lowest BCUT2D eigenvalue weighted by Crippen LogP contribution is -2.41. The van der Waals surface area contributed by atoms with Gasteiger partial charge in [0.1, 0.15) is 5.73 Å². The van der Waals surface area contributed by atoms with E-state index in [-0.39, 0.29) is 5.92 Å². The summed E-state index contributed by atoms with van der Waals surface area (Å²) in [6.07, 6.45) is 4.85. The van der Waals surface area contributed by atoms with E-state index in [1.165, 1.54) is 6.08 Å². The molecule has 1 N–H and O–H groups in total. The van der Waals surface area contributed by atoms with Crippen molar-refractivity contribution in [3.05, 3.63) is 41.5 Å². The van der Waals surface area contributed by atoms with Gasteiger partial charge in [-0.05, 0) is 51.8 Å². The lowest BCUT2D eigenvalue weighted by molar-refractivity contribution is 0.00578. The molecule has 0 aromatic carbocycles. The van der Waals surface area contributed by atoms with Crippen molar-refractivity contribution < 1.29 is 13.7 Å². The Kier molecular flexibility index (Phi) is 4.79. The predicted octanol–water partition coefficient (Wildman–Crippen LogP) is 4.54. The van der Waals surface area contributed by atoms with Gasteiger partial charge in [0.05, 0.1) is 16.9 Å². The molecule has 1 aliphatic rings. The van der Waals surface area contributed by atoms with Crippen molar-refractivity contribution in [3.63, 3.8) is 0 Å². The maximum Gasteiger partial charge on any atom is 0.525 e. The Balaban J connectivity index is 2.01. The minimum absolute atomic E-state index is 0.162. The van der Waals surface area contributed by atoms with Crippen molar-refractivity contribution in [1.29, 1.82) is 0 Å². The van der Waals surface area contributed by atoms with Crippen LogP contribution in [0.25, 0.3) is 17.3 Å². The maximum absolute atomic E-state index is 15.1. The Hall–Kier alpha value is -1.99.